The van der Waals surface area contributed by atoms with E-state index in [9.17, 15) is 9.59 Å². The Morgan fingerprint density at radius 3 is 2.57 bits per heavy atom. The zero-order valence-electron chi connectivity index (χ0n) is 21.3. The summed E-state index contributed by atoms with van der Waals surface area (Å²) in [5.41, 5.74) is 4.51. The van der Waals surface area contributed by atoms with Gasteiger partial charge in [0.25, 0.3) is 5.56 Å². The number of nitrogens with zero attached hydrogens (tertiary/aromatic N) is 2. The van der Waals surface area contributed by atoms with E-state index in [4.69, 9.17) is 14.5 Å². The van der Waals surface area contributed by atoms with Gasteiger partial charge in [-0.2, -0.15) is 0 Å². The predicted molar refractivity (Wildman–Crippen MR) is 150 cm³/mol. The van der Waals surface area contributed by atoms with Crippen molar-refractivity contribution in [3.05, 3.63) is 68.3 Å². The number of aryl methyl sites for hydroxylation is 4. The highest BCUT2D eigenvalue weighted by Gasteiger charge is 2.23. The van der Waals surface area contributed by atoms with Gasteiger partial charge in [0.15, 0.2) is 5.16 Å². The number of ether oxygens (including phenoxy) is 2. The number of thiophene rings is 1. The number of thioether (sulfide) groups is 1. The molecule has 0 bridgehead atoms. The molecule has 0 unspecified atom stereocenters. The van der Waals surface area contributed by atoms with E-state index in [2.05, 4.69) is 11.4 Å². The Kier molecular flexibility index (Phi) is 7.26. The lowest BCUT2D eigenvalue weighted by molar-refractivity contribution is -0.113. The van der Waals surface area contributed by atoms with Crippen molar-refractivity contribution in [3.8, 4) is 17.2 Å². The summed E-state index contributed by atoms with van der Waals surface area (Å²) >= 11 is 2.87. The van der Waals surface area contributed by atoms with Crippen LogP contribution in [0.3, 0.4) is 0 Å². The maximum Gasteiger partial charge on any atom is 0.267 e. The number of carbonyl (C=O) groups excluding carboxylic acids is 1. The number of nitrogens with one attached hydrogen (secondary N) is 1. The Labute approximate surface area is 223 Å². The molecule has 2 heterocycles. The number of anilines is 1. The molecule has 1 amide bonds. The molecule has 2 aromatic heterocycles. The maximum absolute atomic E-state index is 14.0. The summed E-state index contributed by atoms with van der Waals surface area (Å²) in [7, 11) is 3.12. The quantitative estimate of drug-likeness (QED) is 0.242. The molecule has 0 saturated heterocycles. The van der Waals surface area contributed by atoms with Crippen molar-refractivity contribution in [2.75, 3.05) is 25.3 Å². The van der Waals surface area contributed by atoms with Crippen molar-refractivity contribution >= 4 is 44.9 Å². The van der Waals surface area contributed by atoms with Gasteiger partial charge in [0, 0.05) is 10.9 Å². The van der Waals surface area contributed by atoms with Crippen LogP contribution in [-0.2, 0) is 17.6 Å². The van der Waals surface area contributed by atoms with E-state index in [0.717, 1.165) is 58.3 Å². The molecule has 1 aliphatic rings. The SMILES string of the molecule is COc1ccc(OC)c(NC(=O)CSc2nc3sc4c(c3c(=O)n2-c2cc(C)cc(C)c2)CCCC4)c1. The molecule has 4 aromatic rings. The minimum atomic E-state index is -0.233. The minimum Gasteiger partial charge on any atom is -0.497 e. The highest BCUT2D eigenvalue weighted by Crippen LogP contribution is 2.35. The Morgan fingerprint density at radius 2 is 1.84 bits per heavy atom. The molecule has 2 aromatic carbocycles. The molecule has 1 N–H and O–H groups in total. The second-order valence-corrected chi connectivity index (χ2v) is 11.2. The second-order valence-electron chi connectivity index (χ2n) is 9.17. The molecule has 0 aliphatic heterocycles. The summed E-state index contributed by atoms with van der Waals surface area (Å²) in [4.78, 5) is 33.9. The fraction of sp³-hybridized carbons (Fsp3) is 0.321. The van der Waals surface area contributed by atoms with Crippen LogP contribution in [0.1, 0.15) is 34.4 Å². The van der Waals surface area contributed by atoms with Crippen molar-refractivity contribution in [2.45, 2.75) is 44.7 Å². The first kappa shape index (κ1) is 25.4. The Balaban J connectivity index is 1.52. The van der Waals surface area contributed by atoms with Crippen molar-refractivity contribution in [1.29, 1.82) is 0 Å². The molecule has 0 spiro atoms. The summed E-state index contributed by atoms with van der Waals surface area (Å²) in [6.07, 6.45) is 4.13. The average Bonchev–Trinajstić information content (AvgIpc) is 3.25. The van der Waals surface area contributed by atoms with Crippen LogP contribution >= 0.6 is 23.1 Å². The van der Waals surface area contributed by atoms with E-state index in [1.54, 1.807) is 48.3 Å². The van der Waals surface area contributed by atoms with Gasteiger partial charge in [0.1, 0.15) is 16.3 Å². The lowest BCUT2D eigenvalue weighted by atomic mass is 9.97. The molecule has 0 saturated carbocycles. The fourth-order valence-corrected chi connectivity index (χ4v) is 6.93. The van der Waals surface area contributed by atoms with Gasteiger partial charge in [0.2, 0.25) is 5.91 Å². The van der Waals surface area contributed by atoms with E-state index >= 15 is 0 Å². The van der Waals surface area contributed by atoms with E-state index in [-0.39, 0.29) is 17.2 Å². The third-order valence-corrected chi connectivity index (χ3v) is 8.56. The number of aromatic nitrogens is 2. The van der Waals surface area contributed by atoms with Crippen molar-refractivity contribution in [2.24, 2.45) is 0 Å². The van der Waals surface area contributed by atoms with Gasteiger partial charge in [-0.1, -0.05) is 17.8 Å². The highest BCUT2D eigenvalue weighted by atomic mass is 32.2. The fourth-order valence-electron chi connectivity index (χ4n) is 4.82. The lowest BCUT2D eigenvalue weighted by Crippen LogP contribution is -2.23. The van der Waals surface area contributed by atoms with E-state index in [0.29, 0.717) is 22.3 Å². The molecule has 0 atom stereocenters. The minimum absolute atomic E-state index is 0.0632. The summed E-state index contributed by atoms with van der Waals surface area (Å²) in [5.74, 6) is 0.994. The van der Waals surface area contributed by atoms with Gasteiger partial charge in [-0.3, -0.25) is 14.2 Å². The number of hydrogen-bond acceptors (Lipinski definition) is 7. The zero-order chi connectivity index (χ0) is 26.1. The first-order valence-corrected chi connectivity index (χ1v) is 14.0. The molecule has 5 rings (SSSR count). The van der Waals surface area contributed by atoms with Gasteiger partial charge in [-0.15, -0.1) is 11.3 Å². The molecule has 1 aliphatic carbocycles. The Morgan fingerprint density at radius 1 is 1.08 bits per heavy atom. The summed E-state index contributed by atoms with van der Waals surface area (Å²) < 4.78 is 12.3. The predicted octanol–water partition coefficient (Wildman–Crippen LogP) is 5.69. The van der Waals surface area contributed by atoms with E-state index in [1.165, 1.54) is 16.6 Å². The average molecular weight is 536 g/mol. The molecule has 0 fully saturated rings. The van der Waals surface area contributed by atoms with Crippen LogP contribution in [0.4, 0.5) is 5.69 Å². The lowest BCUT2D eigenvalue weighted by Gasteiger charge is -2.15. The number of carbonyl (C=O) groups is 1. The largest absolute Gasteiger partial charge is 0.497 e. The number of rotatable bonds is 7. The molecule has 37 heavy (non-hydrogen) atoms. The van der Waals surface area contributed by atoms with Crippen LogP contribution in [0.25, 0.3) is 15.9 Å². The summed E-state index contributed by atoms with van der Waals surface area (Å²) in [6.45, 7) is 4.03. The van der Waals surface area contributed by atoms with Crippen LogP contribution in [0.5, 0.6) is 11.5 Å². The van der Waals surface area contributed by atoms with Crippen LogP contribution in [0, 0.1) is 13.8 Å². The van der Waals surface area contributed by atoms with Gasteiger partial charge >= 0.3 is 0 Å². The third kappa shape index (κ3) is 5.10. The van der Waals surface area contributed by atoms with Crippen LogP contribution < -0.4 is 20.3 Å². The zero-order valence-corrected chi connectivity index (χ0v) is 23.0. The molecule has 192 valence electrons. The van der Waals surface area contributed by atoms with Gasteiger partial charge in [-0.25, -0.2) is 4.98 Å². The topological polar surface area (TPSA) is 82.5 Å². The van der Waals surface area contributed by atoms with Crippen molar-refractivity contribution < 1.29 is 14.3 Å². The Bertz CT molecular complexity index is 1540. The normalized spacial score (nSPS) is 12.9. The van der Waals surface area contributed by atoms with Crippen LogP contribution in [0.15, 0.2) is 46.3 Å². The third-order valence-electron chi connectivity index (χ3n) is 6.44. The number of amides is 1. The number of fused-ring (bicyclic) bond motifs is 3. The number of hydrogen-bond donors (Lipinski definition) is 1. The van der Waals surface area contributed by atoms with Gasteiger partial charge in [-0.05, 0) is 80.5 Å². The standard InChI is InChI=1S/C28H29N3O4S2/c1-16-11-17(2)13-18(12-16)31-27(33)25-20-7-5-6-8-23(20)37-26(25)30-28(31)36-15-24(32)29-21-14-19(34-3)9-10-22(21)35-4/h9-14H,5-8,15H2,1-4H3,(H,29,32). The van der Waals surface area contributed by atoms with E-state index < -0.39 is 0 Å². The first-order chi connectivity index (χ1) is 17.9. The summed E-state index contributed by atoms with van der Waals surface area (Å²) in [6, 6.07) is 11.3. The number of methoxy groups -OCH3 is 2. The second kappa shape index (κ2) is 10.6. The van der Waals surface area contributed by atoms with Gasteiger partial charge in [0.05, 0.1) is 36.7 Å². The first-order valence-electron chi connectivity index (χ1n) is 12.2. The van der Waals surface area contributed by atoms with Gasteiger partial charge < -0.3 is 14.8 Å². The van der Waals surface area contributed by atoms with Crippen molar-refractivity contribution in [3.63, 3.8) is 0 Å². The highest BCUT2D eigenvalue weighted by molar-refractivity contribution is 7.99. The molecular weight excluding hydrogens is 506 g/mol. The van der Waals surface area contributed by atoms with Crippen molar-refractivity contribution in [1.82, 2.24) is 9.55 Å². The molecule has 0 radical (unpaired) electrons. The van der Waals surface area contributed by atoms with Crippen LogP contribution in [0.2, 0.25) is 0 Å². The van der Waals surface area contributed by atoms with Crippen LogP contribution in [-0.4, -0.2) is 35.4 Å². The Hall–Kier alpha value is -3.30. The smallest absolute Gasteiger partial charge is 0.267 e. The maximum atomic E-state index is 14.0. The summed E-state index contributed by atoms with van der Waals surface area (Å²) in [5, 5.41) is 4.14. The molecular formula is C28H29N3O4S2. The molecule has 7 nitrogen and oxygen atoms in total. The number of benzene rings is 2. The van der Waals surface area contributed by atoms with E-state index in [1.807, 2.05) is 26.0 Å². The monoisotopic (exact) mass is 535 g/mol. The molecule has 9 heteroatoms.